The van der Waals surface area contributed by atoms with E-state index in [1.54, 1.807) is 30.1 Å². The molecule has 1 aromatic rings. The van der Waals surface area contributed by atoms with Crippen molar-refractivity contribution in [3.63, 3.8) is 0 Å². The van der Waals surface area contributed by atoms with Crippen LogP contribution in [0.4, 0.5) is 4.39 Å². The Hall–Kier alpha value is -1.46. The number of hydroxylamine groups is 1. The Balaban J connectivity index is 1.90. The van der Waals surface area contributed by atoms with Crippen LogP contribution in [0, 0.1) is 24.1 Å². The molecule has 5 heteroatoms. The molecular formula is C18H25FNO3. The molecule has 127 valence electrons. The summed E-state index contributed by atoms with van der Waals surface area (Å²) < 4.78 is 13.6. The Morgan fingerprint density at radius 1 is 1.30 bits per heavy atom. The Morgan fingerprint density at radius 2 is 2.00 bits per heavy atom. The van der Waals surface area contributed by atoms with Gasteiger partial charge in [0.25, 0.3) is 0 Å². The molecule has 2 atom stereocenters. The number of nitrogens with one attached hydrogen (secondary N) is 1. The molecule has 1 aliphatic carbocycles. The highest BCUT2D eigenvalue weighted by atomic mass is 19.1. The van der Waals surface area contributed by atoms with Crippen molar-refractivity contribution in [3.05, 3.63) is 42.1 Å². The lowest BCUT2D eigenvalue weighted by molar-refractivity contribution is -0.136. The van der Waals surface area contributed by atoms with Crippen molar-refractivity contribution in [1.29, 1.82) is 0 Å². The first kappa shape index (κ1) is 17.9. The minimum atomic E-state index is -0.807. The zero-order valence-electron chi connectivity index (χ0n) is 13.2. The van der Waals surface area contributed by atoms with Crippen LogP contribution in [0.2, 0.25) is 0 Å². The van der Waals surface area contributed by atoms with Crippen molar-refractivity contribution >= 4 is 5.91 Å². The molecule has 0 bridgehead atoms. The monoisotopic (exact) mass is 322 g/mol. The van der Waals surface area contributed by atoms with Crippen molar-refractivity contribution in [1.82, 2.24) is 5.48 Å². The van der Waals surface area contributed by atoms with Gasteiger partial charge in [0.15, 0.2) is 0 Å². The van der Waals surface area contributed by atoms with Crippen molar-refractivity contribution in [2.45, 2.75) is 51.0 Å². The molecule has 0 heterocycles. The molecular weight excluding hydrogens is 297 g/mol. The topological polar surface area (TPSA) is 69.6 Å². The Bertz CT molecular complexity index is 503. The van der Waals surface area contributed by atoms with Crippen LogP contribution in [-0.4, -0.2) is 22.3 Å². The van der Waals surface area contributed by atoms with E-state index in [1.165, 1.54) is 12.5 Å². The summed E-state index contributed by atoms with van der Waals surface area (Å²) in [7, 11) is 0. The van der Waals surface area contributed by atoms with Gasteiger partial charge in [-0.2, -0.15) is 0 Å². The quantitative estimate of drug-likeness (QED) is 0.534. The molecule has 4 nitrogen and oxygen atoms in total. The molecule has 1 aromatic carbocycles. The first-order valence-electron chi connectivity index (χ1n) is 8.30. The molecule has 1 fully saturated rings. The first-order chi connectivity index (χ1) is 11.1. The molecule has 23 heavy (non-hydrogen) atoms. The molecule has 0 aromatic heterocycles. The minimum Gasteiger partial charge on any atom is -0.393 e. The predicted octanol–water partition coefficient (Wildman–Crippen LogP) is 3.03. The van der Waals surface area contributed by atoms with Gasteiger partial charge in [0.2, 0.25) is 5.91 Å². The summed E-state index contributed by atoms with van der Waals surface area (Å²) in [4.78, 5) is 11.9. The smallest absolute Gasteiger partial charge is 0.246 e. The van der Waals surface area contributed by atoms with Crippen LogP contribution in [0.25, 0.3) is 0 Å². The SMILES string of the molecule is O=C(NO)C(CC(O)[CH]Cc1ccccc1F)C1CCCCC1. The molecule has 1 radical (unpaired) electrons. The Labute approximate surface area is 136 Å². The summed E-state index contributed by atoms with van der Waals surface area (Å²) in [6.07, 6.45) is 6.60. The van der Waals surface area contributed by atoms with E-state index in [9.17, 15) is 14.3 Å². The van der Waals surface area contributed by atoms with Gasteiger partial charge in [-0.25, -0.2) is 9.87 Å². The third kappa shape index (κ3) is 5.29. The maximum Gasteiger partial charge on any atom is 0.246 e. The summed E-state index contributed by atoms with van der Waals surface area (Å²) in [6.45, 7) is 0. The van der Waals surface area contributed by atoms with Crippen LogP contribution in [0.15, 0.2) is 24.3 Å². The number of aliphatic hydroxyl groups excluding tert-OH is 1. The van der Waals surface area contributed by atoms with Gasteiger partial charge in [0, 0.05) is 5.92 Å². The molecule has 0 spiro atoms. The molecule has 2 unspecified atom stereocenters. The van der Waals surface area contributed by atoms with E-state index in [4.69, 9.17) is 5.21 Å². The van der Waals surface area contributed by atoms with Crippen molar-refractivity contribution in [3.8, 4) is 0 Å². The van der Waals surface area contributed by atoms with Crippen LogP contribution >= 0.6 is 0 Å². The van der Waals surface area contributed by atoms with Crippen LogP contribution < -0.4 is 5.48 Å². The second-order valence-corrected chi connectivity index (χ2v) is 6.31. The van der Waals surface area contributed by atoms with Crippen molar-refractivity contribution in [2.75, 3.05) is 0 Å². The van der Waals surface area contributed by atoms with E-state index in [-0.39, 0.29) is 18.2 Å². The second kappa shape index (κ2) is 8.99. The first-order valence-corrected chi connectivity index (χ1v) is 8.30. The number of carbonyl (C=O) groups excluding carboxylic acids is 1. The minimum absolute atomic E-state index is 0.187. The number of aliphatic hydroxyl groups is 1. The van der Waals surface area contributed by atoms with E-state index in [2.05, 4.69) is 0 Å². The largest absolute Gasteiger partial charge is 0.393 e. The number of hydrogen-bond donors (Lipinski definition) is 3. The van der Waals surface area contributed by atoms with Crippen LogP contribution in [0.3, 0.4) is 0 Å². The average molecular weight is 322 g/mol. The average Bonchev–Trinajstić information content (AvgIpc) is 2.59. The summed E-state index contributed by atoms with van der Waals surface area (Å²) in [5.41, 5.74) is 2.25. The number of rotatable bonds is 7. The molecule has 0 aliphatic heterocycles. The zero-order valence-corrected chi connectivity index (χ0v) is 13.2. The summed E-state index contributed by atoms with van der Waals surface area (Å²) >= 11 is 0. The molecule has 3 N–H and O–H groups in total. The van der Waals surface area contributed by atoms with Gasteiger partial charge in [0.05, 0.1) is 6.10 Å². The fourth-order valence-electron chi connectivity index (χ4n) is 3.42. The Kier molecular flexibility index (Phi) is 6.99. The normalized spacial score (nSPS) is 18.4. The third-order valence-corrected chi connectivity index (χ3v) is 4.73. The van der Waals surface area contributed by atoms with Gasteiger partial charge in [-0.05, 0) is 49.7 Å². The van der Waals surface area contributed by atoms with Crippen LogP contribution in [-0.2, 0) is 11.2 Å². The van der Waals surface area contributed by atoms with Gasteiger partial charge in [0.1, 0.15) is 5.82 Å². The van der Waals surface area contributed by atoms with Crippen molar-refractivity contribution in [2.24, 2.45) is 11.8 Å². The van der Waals surface area contributed by atoms with Crippen LogP contribution in [0.1, 0.15) is 44.1 Å². The highest BCUT2D eigenvalue weighted by Crippen LogP contribution is 2.33. The van der Waals surface area contributed by atoms with E-state index in [1.807, 2.05) is 0 Å². The lowest BCUT2D eigenvalue weighted by Gasteiger charge is -2.30. The van der Waals surface area contributed by atoms with Crippen LogP contribution in [0.5, 0.6) is 0 Å². The van der Waals surface area contributed by atoms with E-state index < -0.39 is 17.9 Å². The molecule has 1 saturated carbocycles. The summed E-state index contributed by atoms with van der Waals surface area (Å²) in [5.74, 6) is -0.956. The molecule has 1 aliphatic rings. The second-order valence-electron chi connectivity index (χ2n) is 6.31. The van der Waals surface area contributed by atoms with Gasteiger partial charge in [-0.15, -0.1) is 0 Å². The lowest BCUT2D eigenvalue weighted by atomic mass is 9.77. The third-order valence-electron chi connectivity index (χ3n) is 4.73. The Morgan fingerprint density at radius 3 is 2.65 bits per heavy atom. The van der Waals surface area contributed by atoms with Gasteiger partial charge < -0.3 is 5.11 Å². The lowest BCUT2D eigenvalue weighted by Crippen LogP contribution is -2.36. The summed E-state index contributed by atoms with van der Waals surface area (Å²) in [5, 5.41) is 19.2. The standard InChI is InChI=1S/C18H25FNO3/c19-17-9-5-4-8-14(17)10-11-15(21)12-16(18(22)20-23)13-6-2-1-3-7-13/h4-5,8-9,11,13,15-16,21,23H,1-3,6-7,10,12H2,(H,20,22). The number of halogens is 1. The van der Waals surface area contributed by atoms with Gasteiger partial charge in [-0.1, -0.05) is 37.5 Å². The maximum absolute atomic E-state index is 13.6. The highest BCUT2D eigenvalue weighted by molar-refractivity contribution is 5.77. The van der Waals surface area contributed by atoms with Gasteiger partial charge >= 0.3 is 0 Å². The number of amides is 1. The predicted molar refractivity (Wildman–Crippen MR) is 85.0 cm³/mol. The number of benzene rings is 1. The molecule has 1 amide bonds. The number of carbonyl (C=O) groups is 1. The molecule has 0 saturated heterocycles. The maximum atomic E-state index is 13.6. The zero-order chi connectivity index (χ0) is 16.7. The summed E-state index contributed by atoms with van der Waals surface area (Å²) in [6, 6.07) is 6.44. The molecule has 2 rings (SSSR count). The highest BCUT2D eigenvalue weighted by Gasteiger charge is 2.31. The fourth-order valence-corrected chi connectivity index (χ4v) is 3.42. The number of hydrogen-bond acceptors (Lipinski definition) is 3. The van der Waals surface area contributed by atoms with Crippen molar-refractivity contribution < 1.29 is 19.5 Å². The van der Waals surface area contributed by atoms with Gasteiger partial charge in [-0.3, -0.25) is 10.0 Å². The van der Waals surface area contributed by atoms with E-state index in [0.717, 1.165) is 25.7 Å². The fraction of sp³-hybridized carbons (Fsp3) is 0.556. The van der Waals surface area contributed by atoms with E-state index >= 15 is 0 Å². The van der Waals surface area contributed by atoms with E-state index in [0.29, 0.717) is 12.0 Å².